The Kier molecular flexibility index (Phi) is 7.88. The summed E-state index contributed by atoms with van der Waals surface area (Å²) in [6, 6.07) is 0. The standard InChI is InChI=1S/C27H28F6N2O8/c1-22-8-10-24(42-22,16(20(38)40-3)18(22)26(28,29)30)12-34-14(36)6-5-7-15(37)35-13-25-11-9-23(2,43-25)19(27(31,32)33)17(25)21(39)41-4/h8-11H,5-7,12-13H2,1-4H3,(H,34,36)(H,35,37). The Bertz CT molecular complexity index is 1280. The molecule has 4 aliphatic heterocycles. The maximum Gasteiger partial charge on any atom is 0.416 e. The molecule has 16 heteroatoms. The lowest BCUT2D eigenvalue weighted by molar-refractivity contribution is -0.139. The van der Waals surface area contributed by atoms with Gasteiger partial charge in [0.15, 0.2) is 0 Å². The molecule has 0 saturated carbocycles. The van der Waals surface area contributed by atoms with E-state index in [9.17, 15) is 45.5 Å². The number of carbonyl (C=O) groups excluding carboxylic acids is 4. The van der Waals surface area contributed by atoms with E-state index in [0.29, 0.717) is 0 Å². The molecule has 0 aliphatic carbocycles. The maximum absolute atomic E-state index is 13.8. The van der Waals surface area contributed by atoms with Crippen molar-refractivity contribution in [1.29, 1.82) is 0 Å². The number of amides is 2. The first kappa shape index (κ1) is 32.3. The average molecular weight is 623 g/mol. The monoisotopic (exact) mass is 622 g/mol. The summed E-state index contributed by atoms with van der Waals surface area (Å²) in [5, 5.41) is 4.82. The van der Waals surface area contributed by atoms with E-state index in [1.807, 2.05) is 0 Å². The highest BCUT2D eigenvalue weighted by molar-refractivity contribution is 5.96. The summed E-state index contributed by atoms with van der Waals surface area (Å²) in [7, 11) is 1.83. The quantitative estimate of drug-likeness (QED) is 0.216. The molecule has 2 N–H and O–H groups in total. The molecule has 4 bridgehead atoms. The number of carbonyl (C=O) groups is 4. The summed E-state index contributed by atoms with van der Waals surface area (Å²) in [6.07, 6.45) is -5.63. The summed E-state index contributed by atoms with van der Waals surface area (Å²) >= 11 is 0. The Morgan fingerprint density at radius 2 is 1.05 bits per heavy atom. The second-order valence-corrected chi connectivity index (χ2v) is 10.7. The summed E-state index contributed by atoms with van der Waals surface area (Å²) in [5.74, 6) is -3.87. The second-order valence-electron chi connectivity index (χ2n) is 10.7. The Balaban J connectivity index is 1.34. The SMILES string of the molecule is COC(=O)C1=C(C(F)(F)F)C2(C)C=CC1(CNC(=O)CCCC(=O)NCC13C=CC(C)(O1)C(C(F)(F)F)=C3C(=O)OC)O2. The van der Waals surface area contributed by atoms with Crippen LogP contribution in [0.25, 0.3) is 0 Å². The normalized spacial score (nSPS) is 30.7. The van der Waals surface area contributed by atoms with Gasteiger partial charge in [0.1, 0.15) is 22.4 Å². The van der Waals surface area contributed by atoms with E-state index < -0.39 is 93.9 Å². The van der Waals surface area contributed by atoms with Crippen molar-refractivity contribution in [3.8, 4) is 0 Å². The number of methoxy groups -OCH3 is 2. The zero-order valence-corrected chi connectivity index (χ0v) is 23.4. The highest BCUT2D eigenvalue weighted by Gasteiger charge is 2.65. The van der Waals surface area contributed by atoms with Gasteiger partial charge in [-0.3, -0.25) is 9.59 Å². The van der Waals surface area contributed by atoms with Gasteiger partial charge in [-0.25, -0.2) is 9.59 Å². The lowest BCUT2D eigenvalue weighted by atomic mass is 9.81. The molecular weight excluding hydrogens is 594 g/mol. The van der Waals surface area contributed by atoms with E-state index in [-0.39, 0.29) is 19.3 Å². The fourth-order valence-electron chi connectivity index (χ4n) is 5.95. The largest absolute Gasteiger partial charge is 0.466 e. The minimum Gasteiger partial charge on any atom is -0.466 e. The molecule has 0 aromatic carbocycles. The van der Waals surface area contributed by atoms with Crippen LogP contribution >= 0.6 is 0 Å². The van der Waals surface area contributed by atoms with Crippen molar-refractivity contribution in [2.24, 2.45) is 0 Å². The fourth-order valence-corrected chi connectivity index (χ4v) is 5.95. The number of fused-ring (bicyclic) bond motifs is 4. The van der Waals surface area contributed by atoms with Gasteiger partial charge < -0.3 is 29.6 Å². The summed E-state index contributed by atoms with van der Waals surface area (Å²) in [5.41, 5.74) is -11.7. The van der Waals surface area contributed by atoms with E-state index in [4.69, 9.17) is 9.47 Å². The highest BCUT2D eigenvalue weighted by atomic mass is 19.4. The van der Waals surface area contributed by atoms with Gasteiger partial charge in [-0.15, -0.1) is 0 Å². The van der Waals surface area contributed by atoms with Crippen LogP contribution in [-0.2, 0) is 38.1 Å². The summed E-state index contributed by atoms with van der Waals surface area (Å²) in [6.45, 7) is 1.22. The van der Waals surface area contributed by atoms with Crippen LogP contribution in [0.15, 0.2) is 46.6 Å². The smallest absolute Gasteiger partial charge is 0.416 e. The number of nitrogens with one attached hydrogen (secondary N) is 2. The molecule has 0 aromatic heterocycles. The van der Waals surface area contributed by atoms with Crippen LogP contribution < -0.4 is 10.6 Å². The van der Waals surface area contributed by atoms with Gasteiger partial charge in [-0.1, -0.05) is 0 Å². The van der Waals surface area contributed by atoms with Crippen molar-refractivity contribution in [1.82, 2.24) is 10.6 Å². The summed E-state index contributed by atoms with van der Waals surface area (Å²) < 4.78 is 103. The molecule has 4 unspecified atom stereocenters. The first-order chi connectivity index (χ1) is 19.8. The highest BCUT2D eigenvalue weighted by Crippen LogP contribution is 2.56. The number of ether oxygens (including phenoxy) is 4. The minimum absolute atomic E-state index is 0.0541. The van der Waals surface area contributed by atoms with Crippen molar-refractivity contribution >= 4 is 23.8 Å². The third-order valence-corrected chi connectivity index (χ3v) is 7.72. The molecule has 10 nitrogen and oxygen atoms in total. The van der Waals surface area contributed by atoms with Crippen LogP contribution in [0.5, 0.6) is 0 Å². The van der Waals surface area contributed by atoms with Crippen LogP contribution in [0.2, 0.25) is 0 Å². The van der Waals surface area contributed by atoms with Crippen LogP contribution in [0.1, 0.15) is 33.1 Å². The summed E-state index contributed by atoms with van der Waals surface area (Å²) in [4.78, 5) is 49.6. The predicted molar refractivity (Wildman–Crippen MR) is 133 cm³/mol. The number of halogens is 6. The lowest BCUT2D eigenvalue weighted by Gasteiger charge is -2.26. The van der Waals surface area contributed by atoms with Gasteiger partial charge in [0.2, 0.25) is 11.8 Å². The van der Waals surface area contributed by atoms with Gasteiger partial charge >= 0.3 is 24.3 Å². The van der Waals surface area contributed by atoms with E-state index in [1.165, 1.54) is 12.2 Å². The number of rotatable bonds is 10. The van der Waals surface area contributed by atoms with Crippen molar-refractivity contribution in [3.05, 3.63) is 46.6 Å². The Morgan fingerprint density at radius 1 is 0.698 bits per heavy atom. The molecule has 43 heavy (non-hydrogen) atoms. The number of hydrogen-bond acceptors (Lipinski definition) is 8. The molecule has 4 heterocycles. The van der Waals surface area contributed by atoms with Crippen molar-refractivity contribution in [3.63, 3.8) is 0 Å². The molecule has 0 spiro atoms. The van der Waals surface area contributed by atoms with Crippen molar-refractivity contribution in [2.45, 2.75) is 67.9 Å². The zero-order valence-electron chi connectivity index (χ0n) is 23.4. The molecule has 4 atom stereocenters. The predicted octanol–water partition coefficient (Wildman–Crippen LogP) is 2.65. The van der Waals surface area contributed by atoms with Crippen molar-refractivity contribution < 1.29 is 64.5 Å². The van der Waals surface area contributed by atoms with Crippen LogP contribution in [0.3, 0.4) is 0 Å². The molecule has 2 amide bonds. The topological polar surface area (TPSA) is 129 Å². The van der Waals surface area contributed by atoms with Gasteiger partial charge in [-0.2, -0.15) is 26.3 Å². The van der Waals surface area contributed by atoms with Crippen LogP contribution in [0, 0.1) is 0 Å². The van der Waals surface area contributed by atoms with Gasteiger partial charge in [0.05, 0.1) is 49.6 Å². The van der Waals surface area contributed by atoms with E-state index >= 15 is 0 Å². The van der Waals surface area contributed by atoms with Crippen molar-refractivity contribution in [2.75, 3.05) is 27.3 Å². The molecule has 4 rings (SSSR count). The molecule has 0 fully saturated rings. The minimum atomic E-state index is -4.92. The molecule has 0 aromatic rings. The van der Waals surface area contributed by atoms with Crippen LogP contribution in [0.4, 0.5) is 26.3 Å². The van der Waals surface area contributed by atoms with E-state index in [2.05, 4.69) is 20.1 Å². The Morgan fingerprint density at radius 3 is 1.35 bits per heavy atom. The first-order valence-corrected chi connectivity index (χ1v) is 12.9. The maximum atomic E-state index is 13.8. The van der Waals surface area contributed by atoms with Gasteiger partial charge in [0, 0.05) is 12.8 Å². The lowest BCUT2D eigenvalue weighted by Crippen LogP contribution is -2.45. The van der Waals surface area contributed by atoms with E-state index in [1.54, 1.807) is 0 Å². The number of alkyl halides is 6. The van der Waals surface area contributed by atoms with Gasteiger partial charge in [-0.05, 0) is 44.6 Å². The Labute approximate surface area is 241 Å². The third kappa shape index (κ3) is 5.46. The van der Waals surface area contributed by atoms with E-state index in [0.717, 1.165) is 40.2 Å². The Hall–Kier alpha value is -3.66. The molecule has 236 valence electrons. The number of esters is 2. The molecular formula is C27H28F6N2O8. The molecule has 0 radical (unpaired) electrons. The molecule has 4 aliphatic rings. The third-order valence-electron chi connectivity index (χ3n) is 7.72. The molecule has 0 saturated heterocycles. The first-order valence-electron chi connectivity index (χ1n) is 12.9. The van der Waals surface area contributed by atoms with Gasteiger partial charge in [0.25, 0.3) is 0 Å². The average Bonchev–Trinajstić information content (AvgIpc) is 3.59. The fraction of sp³-hybridized carbons (Fsp3) is 0.556. The second kappa shape index (κ2) is 10.5. The number of hydrogen-bond donors (Lipinski definition) is 2. The zero-order chi connectivity index (χ0) is 32.2. The van der Waals surface area contributed by atoms with Crippen LogP contribution in [-0.4, -0.2) is 85.8 Å².